The van der Waals surface area contributed by atoms with E-state index < -0.39 is 11.6 Å². The van der Waals surface area contributed by atoms with Crippen LogP contribution in [0.2, 0.25) is 0 Å². The lowest BCUT2D eigenvalue weighted by Gasteiger charge is -2.07. The molecule has 102 valence electrons. The Morgan fingerprint density at radius 2 is 1.95 bits per heavy atom. The van der Waals surface area contributed by atoms with Crippen molar-refractivity contribution in [2.24, 2.45) is 5.92 Å². The second-order valence-corrected chi connectivity index (χ2v) is 5.38. The summed E-state index contributed by atoms with van der Waals surface area (Å²) in [6.45, 7) is 0.692. The van der Waals surface area contributed by atoms with Crippen LogP contribution in [-0.2, 0) is 0 Å². The molecule has 3 nitrogen and oxygen atoms in total. The summed E-state index contributed by atoms with van der Waals surface area (Å²) in [5, 5.41) is 5.54. The molecule has 19 heavy (non-hydrogen) atoms. The van der Waals surface area contributed by atoms with Gasteiger partial charge in [-0.05, 0) is 37.3 Å². The Kier molecular flexibility index (Phi) is 3.12. The molecule has 0 aromatic heterocycles. The molecule has 0 radical (unpaired) electrons. The highest BCUT2D eigenvalue weighted by Gasteiger charge is 2.42. The van der Waals surface area contributed by atoms with E-state index in [9.17, 15) is 13.6 Å². The number of rotatable bonds is 4. The minimum atomic E-state index is -0.535. The molecule has 0 saturated heterocycles. The van der Waals surface area contributed by atoms with Gasteiger partial charge in [-0.1, -0.05) is 6.07 Å². The van der Waals surface area contributed by atoms with Crippen molar-refractivity contribution in [2.75, 3.05) is 6.54 Å². The number of amides is 2. The van der Waals surface area contributed by atoms with E-state index in [2.05, 4.69) is 10.6 Å². The predicted molar refractivity (Wildman–Crippen MR) is 66.8 cm³/mol. The summed E-state index contributed by atoms with van der Waals surface area (Å²) in [5.74, 6) is -0.696. The number of urea groups is 1. The SMILES string of the molecule is O=C(NCC1CC1)N[C@H]1C[C@@H]1c1c(F)cccc1F. The third kappa shape index (κ3) is 2.85. The smallest absolute Gasteiger partial charge is 0.315 e. The Hall–Kier alpha value is -1.65. The first-order valence-corrected chi connectivity index (χ1v) is 6.63. The van der Waals surface area contributed by atoms with Crippen molar-refractivity contribution in [2.45, 2.75) is 31.2 Å². The molecular formula is C14H16F2N2O. The van der Waals surface area contributed by atoms with Crippen LogP contribution < -0.4 is 10.6 Å². The van der Waals surface area contributed by atoms with Crippen LogP contribution >= 0.6 is 0 Å². The maximum absolute atomic E-state index is 13.5. The van der Waals surface area contributed by atoms with E-state index in [0.717, 1.165) is 0 Å². The molecule has 0 heterocycles. The number of nitrogens with one attached hydrogen (secondary N) is 2. The van der Waals surface area contributed by atoms with E-state index in [1.807, 2.05) is 0 Å². The van der Waals surface area contributed by atoms with Crippen LogP contribution in [0.4, 0.5) is 13.6 Å². The van der Waals surface area contributed by atoms with Crippen LogP contribution in [0.1, 0.15) is 30.7 Å². The molecule has 1 aromatic carbocycles. The molecule has 2 aliphatic rings. The maximum atomic E-state index is 13.5. The average molecular weight is 266 g/mol. The van der Waals surface area contributed by atoms with Gasteiger partial charge in [0.1, 0.15) is 11.6 Å². The van der Waals surface area contributed by atoms with E-state index in [1.54, 1.807) is 0 Å². The summed E-state index contributed by atoms with van der Waals surface area (Å²) in [6.07, 6.45) is 2.94. The number of hydrogen-bond acceptors (Lipinski definition) is 1. The molecule has 2 amide bonds. The van der Waals surface area contributed by atoms with Gasteiger partial charge in [-0.3, -0.25) is 0 Å². The van der Waals surface area contributed by atoms with Gasteiger partial charge in [0.2, 0.25) is 0 Å². The first-order valence-electron chi connectivity index (χ1n) is 6.63. The van der Waals surface area contributed by atoms with Gasteiger partial charge in [-0.2, -0.15) is 0 Å². The van der Waals surface area contributed by atoms with Crippen molar-refractivity contribution >= 4 is 6.03 Å². The van der Waals surface area contributed by atoms with Crippen molar-refractivity contribution in [3.8, 4) is 0 Å². The minimum absolute atomic E-state index is 0.0926. The quantitative estimate of drug-likeness (QED) is 0.864. The average Bonchev–Trinajstić information content (AvgIpc) is 3.23. The van der Waals surface area contributed by atoms with Gasteiger partial charge in [-0.25, -0.2) is 13.6 Å². The molecule has 5 heteroatoms. The highest BCUT2D eigenvalue weighted by atomic mass is 19.1. The molecule has 2 aliphatic carbocycles. The Morgan fingerprint density at radius 1 is 1.26 bits per heavy atom. The van der Waals surface area contributed by atoms with Crippen molar-refractivity contribution in [1.82, 2.24) is 10.6 Å². The van der Waals surface area contributed by atoms with Crippen LogP contribution in [0, 0.1) is 17.6 Å². The zero-order valence-electron chi connectivity index (χ0n) is 10.5. The number of halogens is 2. The number of carbonyl (C=O) groups is 1. The molecule has 2 N–H and O–H groups in total. The molecule has 0 unspecified atom stereocenters. The second kappa shape index (κ2) is 4.79. The maximum Gasteiger partial charge on any atom is 0.315 e. The number of hydrogen-bond donors (Lipinski definition) is 2. The van der Waals surface area contributed by atoms with Gasteiger partial charge in [-0.15, -0.1) is 0 Å². The fraction of sp³-hybridized carbons (Fsp3) is 0.500. The Labute approximate surface area is 110 Å². The zero-order valence-corrected chi connectivity index (χ0v) is 10.5. The van der Waals surface area contributed by atoms with Gasteiger partial charge >= 0.3 is 6.03 Å². The first kappa shape index (κ1) is 12.4. The third-order valence-corrected chi connectivity index (χ3v) is 3.73. The Morgan fingerprint density at radius 3 is 2.58 bits per heavy atom. The molecule has 2 fully saturated rings. The van der Waals surface area contributed by atoms with E-state index >= 15 is 0 Å². The molecule has 0 spiro atoms. The molecule has 2 saturated carbocycles. The first-order chi connectivity index (χ1) is 9.15. The summed E-state index contributed by atoms with van der Waals surface area (Å²) < 4.78 is 27.1. The van der Waals surface area contributed by atoms with Gasteiger partial charge in [0.25, 0.3) is 0 Å². The van der Waals surface area contributed by atoms with Gasteiger partial charge in [0, 0.05) is 24.1 Å². The van der Waals surface area contributed by atoms with Gasteiger partial charge < -0.3 is 10.6 Å². The highest BCUT2D eigenvalue weighted by molar-refractivity contribution is 5.75. The summed E-state index contributed by atoms with van der Waals surface area (Å²) in [4.78, 5) is 11.6. The van der Waals surface area contributed by atoms with Crippen molar-refractivity contribution in [3.05, 3.63) is 35.4 Å². The van der Waals surface area contributed by atoms with Gasteiger partial charge in [0.05, 0.1) is 0 Å². The molecule has 0 bridgehead atoms. The van der Waals surface area contributed by atoms with Crippen LogP contribution in [0.3, 0.4) is 0 Å². The van der Waals surface area contributed by atoms with E-state index in [1.165, 1.54) is 31.0 Å². The number of benzene rings is 1. The third-order valence-electron chi connectivity index (χ3n) is 3.73. The molecule has 1 aromatic rings. The summed E-state index contributed by atoms with van der Waals surface area (Å²) >= 11 is 0. The zero-order chi connectivity index (χ0) is 13.4. The van der Waals surface area contributed by atoms with Gasteiger partial charge in [0.15, 0.2) is 0 Å². The predicted octanol–water partition coefficient (Wildman–Crippen LogP) is 2.53. The fourth-order valence-corrected chi connectivity index (χ4v) is 2.32. The fourth-order valence-electron chi connectivity index (χ4n) is 2.32. The van der Waals surface area contributed by atoms with E-state index in [4.69, 9.17) is 0 Å². The van der Waals surface area contributed by atoms with E-state index in [0.29, 0.717) is 18.9 Å². The molecule has 0 aliphatic heterocycles. The van der Waals surface area contributed by atoms with Crippen molar-refractivity contribution in [3.63, 3.8) is 0 Å². The van der Waals surface area contributed by atoms with Crippen molar-refractivity contribution < 1.29 is 13.6 Å². The van der Waals surface area contributed by atoms with Crippen molar-refractivity contribution in [1.29, 1.82) is 0 Å². The standard InChI is InChI=1S/C14H16F2N2O/c15-10-2-1-3-11(16)13(10)9-6-12(9)18-14(19)17-7-8-4-5-8/h1-3,8-9,12H,4-7H2,(H2,17,18,19)/t9-,12-/m0/s1. The van der Waals surface area contributed by atoms with Crippen LogP contribution in [0.15, 0.2) is 18.2 Å². The largest absolute Gasteiger partial charge is 0.338 e. The topological polar surface area (TPSA) is 41.1 Å². The Bertz CT molecular complexity index is 482. The normalized spacial score (nSPS) is 24.9. The summed E-state index contributed by atoms with van der Waals surface area (Å²) in [7, 11) is 0. The minimum Gasteiger partial charge on any atom is -0.338 e. The lowest BCUT2D eigenvalue weighted by molar-refractivity contribution is 0.240. The van der Waals surface area contributed by atoms with Crippen LogP contribution in [-0.4, -0.2) is 18.6 Å². The highest BCUT2D eigenvalue weighted by Crippen LogP contribution is 2.43. The monoisotopic (exact) mass is 266 g/mol. The summed E-state index contributed by atoms with van der Waals surface area (Å²) in [5.41, 5.74) is 0.0926. The lowest BCUT2D eigenvalue weighted by Crippen LogP contribution is -2.38. The number of carbonyl (C=O) groups excluding carboxylic acids is 1. The second-order valence-electron chi connectivity index (χ2n) is 5.38. The molecule has 2 atom stereocenters. The Balaban J connectivity index is 1.54. The molecule has 3 rings (SSSR count). The van der Waals surface area contributed by atoms with E-state index in [-0.39, 0.29) is 23.6 Å². The lowest BCUT2D eigenvalue weighted by atomic mass is 10.1. The summed E-state index contributed by atoms with van der Waals surface area (Å²) in [6, 6.07) is 3.45. The van der Waals surface area contributed by atoms with Crippen LogP contribution in [0.5, 0.6) is 0 Å². The van der Waals surface area contributed by atoms with Crippen LogP contribution in [0.25, 0.3) is 0 Å². The molecular weight excluding hydrogens is 250 g/mol.